The first-order valence-corrected chi connectivity index (χ1v) is 10.1. The van der Waals surface area contributed by atoms with E-state index in [9.17, 15) is 9.59 Å². The number of nitrogens with zero attached hydrogens (tertiary/aromatic N) is 2. The standard InChI is InChI=1S/C23H24N2O3S/c1-6-9-25-19-8-7-17(22(27)28-5)12-20(19)29-23(25)24-21(26)13-18-15(3)10-14(2)11-16(18)4/h6-8,10-12H,1,9,13H2,2-5H3. The van der Waals surface area contributed by atoms with Crippen LogP contribution in [0.4, 0.5) is 0 Å². The fourth-order valence-corrected chi connectivity index (χ4v) is 4.59. The Labute approximate surface area is 174 Å². The highest BCUT2D eigenvalue weighted by Gasteiger charge is 2.13. The summed E-state index contributed by atoms with van der Waals surface area (Å²) < 4.78 is 7.59. The highest BCUT2D eigenvalue weighted by atomic mass is 32.1. The van der Waals surface area contributed by atoms with Crippen LogP contribution in [-0.4, -0.2) is 23.6 Å². The lowest BCUT2D eigenvalue weighted by Gasteiger charge is -2.09. The fourth-order valence-electron chi connectivity index (χ4n) is 3.50. The van der Waals surface area contributed by atoms with Crippen LogP contribution in [0, 0.1) is 20.8 Å². The molecular formula is C23H24N2O3S. The van der Waals surface area contributed by atoms with Crippen LogP contribution in [0.5, 0.6) is 0 Å². The minimum Gasteiger partial charge on any atom is -0.465 e. The molecule has 0 aliphatic carbocycles. The zero-order valence-corrected chi connectivity index (χ0v) is 17.9. The smallest absolute Gasteiger partial charge is 0.337 e. The van der Waals surface area contributed by atoms with Gasteiger partial charge in [-0.2, -0.15) is 4.99 Å². The van der Waals surface area contributed by atoms with Crippen LogP contribution in [0.2, 0.25) is 0 Å². The van der Waals surface area contributed by atoms with Crippen molar-refractivity contribution >= 4 is 33.4 Å². The summed E-state index contributed by atoms with van der Waals surface area (Å²) in [5.74, 6) is -0.590. The van der Waals surface area contributed by atoms with Crippen molar-refractivity contribution < 1.29 is 14.3 Å². The molecule has 0 fully saturated rings. The van der Waals surface area contributed by atoms with E-state index in [2.05, 4.69) is 23.7 Å². The molecule has 0 aliphatic heterocycles. The van der Waals surface area contributed by atoms with Gasteiger partial charge in [0.1, 0.15) is 0 Å². The second kappa shape index (κ2) is 8.57. The molecule has 1 aromatic heterocycles. The summed E-state index contributed by atoms with van der Waals surface area (Å²) in [6.45, 7) is 10.4. The topological polar surface area (TPSA) is 60.7 Å². The van der Waals surface area contributed by atoms with Crippen molar-refractivity contribution in [1.29, 1.82) is 0 Å². The summed E-state index contributed by atoms with van der Waals surface area (Å²) in [6, 6.07) is 9.50. The number of rotatable bonds is 5. The Morgan fingerprint density at radius 1 is 1.17 bits per heavy atom. The summed E-state index contributed by atoms with van der Waals surface area (Å²) in [5, 5.41) is 0. The second-order valence-electron chi connectivity index (χ2n) is 7.02. The van der Waals surface area contributed by atoms with Crippen molar-refractivity contribution in [3.8, 4) is 0 Å². The number of fused-ring (bicyclic) bond motifs is 1. The number of benzene rings is 2. The molecule has 0 spiro atoms. The Morgan fingerprint density at radius 2 is 1.86 bits per heavy atom. The molecule has 5 nitrogen and oxygen atoms in total. The Bertz CT molecular complexity index is 1160. The maximum Gasteiger partial charge on any atom is 0.337 e. The third-order valence-electron chi connectivity index (χ3n) is 4.80. The van der Waals surface area contributed by atoms with Crippen LogP contribution in [0.15, 0.2) is 48.0 Å². The van der Waals surface area contributed by atoms with E-state index in [0.29, 0.717) is 16.9 Å². The van der Waals surface area contributed by atoms with Crippen LogP contribution >= 0.6 is 11.3 Å². The maximum atomic E-state index is 12.8. The van der Waals surface area contributed by atoms with Crippen molar-refractivity contribution in [3.05, 3.63) is 75.6 Å². The third kappa shape index (κ3) is 4.38. The first-order valence-electron chi connectivity index (χ1n) is 9.31. The molecule has 1 amide bonds. The predicted octanol–water partition coefficient (Wildman–Crippen LogP) is 4.27. The number of esters is 1. The Balaban J connectivity index is 2.04. The highest BCUT2D eigenvalue weighted by molar-refractivity contribution is 7.16. The van der Waals surface area contributed by atoms with Crippen LogP contribution in [0.3, 0.4) is 0 Å². The summed E-state index contributed by atoms with van der Waals surface area (Å²) in [4.78, 5) is 29.6. The molecular weight excluding hydrogens is 384 g/mol. The molecule has 0 unspecified atom stereocenters. The molecule has 0 atom stereocenters. The van der Waals surface area contributed by atoms with Crippen molar-refractivity contribution in [3.63, 3.8) is 0 Å². The summed E-state index contributed by atoms with van der Waals surface area (Å²) >= 11 is 1.38. The Morgan fingerprint density at radius 3 is 2.48 bits per heavy atom. The van der Waals surface area contributed by atoms with Gasteiger partial charge in [-0.05, 0) is 55.7 Å². The third-order valence-corrected chi connectivity index (χ3v) is 5.85. The van der Waals surface area contributed by atoms with E-state index in [1.54, 1.807) is 18.2 Å². The molecule has 0 saturated heterocycles. The minimum absolute atomic E-state index is 0.197. The van der Waals surface area contributed by atoms with Crippen molar-refractivity contribution in [2.75, 3.05) is 7.11 Å². The molecule has 6 heteroatoms. The number of aryl methyl sites for hydroxylation is 3. The van der Waals surface area contributed by atoms with Gasteiger partial charge in [0, 0.05) is 6.54 Å². The summed E-state index contributed by atoms with van der Waals surface area (Å²) in [6.07, 6.45) is 2.02. The van der Waals surface area contributed by atoms with E-state index in [4.69, 9.17) is 4.74 Å². The average Bonchev–Trinajstić information content (AvgIpc) is 3.00. The van der Waals surface area contributed by atoms with Gasteiger partial charge in [0.25, 0.3) is 5.91 Å². The molecule has 0 radical (unpaired) electrons. The van der Waals surface area contributed by atoms with E-state index >= 15 is 0 Å². The first-order chi connectivity index (χ1) is 13.8. The van der Waals surface area contributed by atoms with Crippen LogP contribution < -0.4 is 4.80 Å². The van der Waals surface area contributed by atoms with Gasteiger partial charge in [0.05, 0.1) is 29.3 Å². The Hall–Kier alpha value is -2.99. The van der Waals surface area contributed by atoms with Crippen LogP contribution in [0.25, 0.3) is 10.2 Å². The molecule has 3 aromatic rings. The second-order valence-corrected chi connectivity index (χ2v) is 8.03. The average molecular weight is 409 g/mol. The van der Waals surface area contributed by atoms with Crippen LogP contribution in [-0.2, 0) is 22.5 Å². The number of hydrogen-bond acceptors (Lipinski definition) is 4. The fraction of sp³-hybridized carbons (Fsp3) is 0.261. The monoisotopic (exact) mass is 408 g/mol. The minimum atomic E-state index is -0.393. The molecule has 0 bridgehead atoms. The van der Waals surface area contributed by atoms with Gasteiger partial charge in [-0.1, -0.05) is 35.1 Å². The molecule has 1 heterocycles. The molecule has 0 aliphatic rings. The number of carbonyl (C=O) groups is 2. The number of hydrogen-bond donors (Lipinski definition) is 0. The maximum absolute atomic E-state index is 12.8. The zero-order chi connectivity index (χ0) is 21.1. The molecule has 0 N–H and O–H groups in total. The first kappa shape index (κ1) is 20.7. The van der Waals surface area contributed by atoms with Crippen molar-refractivity contribution in [2.24, 2.45) is 4.99 Å². The van der Waals surface area contributed by atoms with Crippen molar-refractivity contribution in [2.45, 2.75) is 33.7 Å². The number of thiazole rings is 1. The lowest BCUT2D eigenvalue weighted by Crippen LogP contribution is -2.17. The van der Waals surface area contributed by atoms with E-state index in [1.807, 2.05) is 31.4 Å². The molecule has 0 saturated carbocycles. The van der Waals surface area contributed by atoms with E-state index in [-0.39, 0.29) is 12.3 Å². The van der Waals surface area contributed by atoms with Gasteiger partial charge < -0.3 is 9.30 Å². The summed E-state index contributed by atoms with van der Waals surface area (Å²) in [5.41, 5.74) is 5.78. The van der Waals surface area contributed by atoms with E-state index in [1.165, 1.54) is 24.0 Å². The quantitative estimate of drug-likeness (QED) is 0.468. The Kier molecular flexibility index (Phi) is 6.13. The molecule has 29 heavy (non-hydrogen) atoms. The lowest BCUT2D eigenvalue weighted by atomic mass is 9.97. The number of carbonyl (C=O) groups excluding carboxylic acids is 2. The van der Waals surface area contributed by atoms with Gasteiger partial charge in [0.2, 0.25) is 0 Å². The zero-order valence-electron chi connectivity index (χ0n) is 17.1. The predicted molar refractivity (Wildman–Crippen MR) is 116 cm³/mol. The lowest BCUT2D eigenvalue weighted by molar-refractivity contribution is -0.117. The van der Waals surface area contributed by atoms with Gasteiger partial charge in [0.15, 0.2) is 4.80 Å². The largest absolute Gasteiger partial charge is 0.465 e. The van der Waals surface area contributed by atoms with Crippen LogP contribution in [0.1, 0.15) is 32.6 Å². The molecule has 150 valence electrons. The number of amides is 1. The number of ether oxygens (including phenoxy) is 1. The SMILES string of the molecule is C=CCn1c(=NC(=O)Cc2c(C)cc(C)cc2C)sc2cc(C(=O)OC)ccc21. The number of allylic oxidation sites excluding steroid dienone is 1. The van der Waals surface area contributed by atoms with Crippen molar-refractivity contribution in [1.82, 2.24) is 4.57 Å². The van der Waals surface area contributed by atoms with Gasteiger partial charge in [-0.25, -0.2) is 4.79 Å². The molecule has 3 rings (SSSR count). The normalized spacial score (nSPS) is 11.7. The van der Waals surface area contributed by atoms with E-state index in [0.717, 1.165) is 26.9 Å². The molecule has 2 aromatic carbocycles. The van der Waals surface area contributed by atoms with E-state index < -0.39 is 5.97 Å². The van der Waals surface area contributed by atoms with Gasteiger partial charge in [-0.3, -0.25) is 4.79 Å². The number of methoxy groups -OCH3 is 1. The van der Waals surface area contributed by atoms with Gasteiger partial charge in [-0.15, -0.1) is 6.58 Å². The highest BCUT2D eigenvalue weighted by Crippen LogP contribution is 2.21. The summed E-state index contributed by atoms with van der Waals surface area (Å²) in [7, 11) is 1.35. The van der Waals surface area contributed by atoms with Gasteiger partial charge >= 0.3 is 5.97 Å². The number of aromatic nitrogens is 1.